The normalized spacial score (nSPS) is 21.4. The second-order valence-electron chi connectivity index (χ2n) is 6.61. The molecular formula is C21H26O4S2. The smallest absolute Gasteiger partial charge is 0.185 e. The van der Waals surface area contributed by atoms with E-state index in [-0.39, 0.29) is 15.6 Å². The van der Waals surface area contributed by atoms with Crippen LogP contribution in [-0.4, -0.2) is 27.8 Å². The lowest BCUT2D eigenvalue weighted by Gasteiger charge is -2.25. The van der Waals surface area contributed by atoms with Crippen molar-refractivity contribution in [3.8, 4) is 0 Å². The van der Waals surface area contributed by atoms with Crippen molar-refractivity contribution in [2.75, 3.05) is 5.75 Å². The van der Waals surface area contributed by atoms with Gasteiger partial charge in [0.2, 0.25) is 0 Å². The Morgan fingerprint density at radius 1 is 0.963 bits per heavy atom. The number of benzene rings is 1. The molecule has 2 rings (SSSR count). The summed E-state index contributed by atoms with van der Waals surface area (Å²) in [6.45, 7) is 5.40. The van der Waals surface area contributed by atoms with Gasteiger partial charge >= 0.3 is 0 Å². The number of allylic oxidation sites excluding steroid dienone is 5. The topological polar surface area (TPSA) is 68.3 Å². The van der Waals surface area contributed by atoms with Crippen LogP contribution in [0.25, 0.3) is 0 Å². The van der Waals surface area contributed by atoms with E-state index in [1.54, 1.807) is 68.5 Å². The van der Waals surface area contributed by atoms with Crippen LogP contribution in [0.15, 0.2) is 82.2 Å². The average Bonchev–Trinajstić information content (AvgIpc) is 2.63. The zero-order valence-corrected chi connectivity index (χ0v) is 17.5. The minimum absolute atomic E-state index is 0.110. The Kier molecular flexibility index (Phi) is 7.00. The van der Waals surface area contributed by atoms with Crippen LogP contribution < -0.4 is 0 Å². The molecule has 1 aromatic carbocycles. The van der Waals surface area contributed by atoms with E-state index in [9.17, 15) is 16.8 Å². The molecule has 0 radical (unpaired) electrons. The highest BCUT2D eigenvalue weighted by Gasteiger charge is 2.35. The number of hydrogen-bond acceptors (Lipinski definition) is 4. The molecule has 0 saturated carbocycles. The van der Waals surface area contributed by atoms with Crippen LogP contribution in [0.2, 0.25) is 0 Å². The summed E-state index contributed by atoms with van der Waals surface area (Å²) in [5.41, 5.74) is 0.482. The third-order valence-corrected chi connectivity index (χ3v) is 8.41. The van der Waals surface area contributed by atoms with Crippen molar-refractivity contribution in [2.24, 2.45) is 5.92 Å². The highest BCUT2D eigenvalue weighted by molar-refractivity contribution is 7.95. The predicted molar refractivity (Wildman–Crippen MR) is 111 cm³/mol. The van der Waals surface area contributed by atoms with Crippen molar-refractivity contribution in [3.63, 3.8) is 0 Å². The van der Waals surface area contributed by atoms with Crippen LogP contribution in [0.4, 0.5) is 0 Å². The van der Waals surface area contributed by atoms with Crippen LogP contribution in [0.1, 0.15) is 27.2 Å². The van der Waals surface area contributed by atoms with Crippen molar-refractivity contribution >= 4 is 19.7 Å². The Hall–Kier alpha value is -1.92. The fraction of sp³-hybridized carbons (Fsp3) is 0.333. The van der Waals surface area contributed by atoms with E-state index in [2.05, 4.69) is 0 Å². The second kappa shape index (κ2) is 8.85. The lowest BCUT2D eigenvalue weighted by Crippen LogP contribution is -2.29. The van der Waals surface area contributed by atoms with E-state index in [4.69, 9.17) is 0 Å². The van der Waals surface area contributed by atoms with Crippen molar-refractivity contribution in [1.82, 2.24) is 0 Å². The Bertz CT molecular complexity index is 980. The largest absolute Gasteiger partial charge is 0.223 e. The molecule has 2 unspecified atom stereocenters. The van der Waals surface area contributed by atoms with Gasteiger partial charge < -0.3 is 0 Å². The molecule has 146 valence electrons. The number of rotatable bonds is 7. The quantitative estimate of drug-likeness (QED) is 0.635. The van der Waals surface area contributed by atoms with Gasteiger partial charge in [0.05, 0.1) is 20.8 Å². The molecule has 1 aliphatic carbocycles. The summed E-state index contributed by atoms with van der Waals surface area (Å²) in [4.78, 5) is 0.467. The van der Waals surface area contributed by atoms with Gasteiger partial charge in [0.15, 0.2) is 19.7 Å². The summed E-state index contributed by atoms with van der Waals surface area (Å²) in [5, 5.41) is -0.776. The van der Waals surface area contributed by atoms with Gasteiger partial charge in [-0.3, -0.25) is 0 Å². The summed E-state index contributed by atoms with van der Waals surface area (Å²) in [6.07, 6.45) is 11.1. The molecule has 2 atom stereocenters. The summed E-state index contributed by atoms with van der Waals surface area (Å²) < 4.78 is 51.2. The van der Waals surface area contributed by atoms with E-state index >= 15 is 0 Å². The molecule has 6 heteroatoms. The molecule has 1 aliphatic rings. The highest BCUT2D eigenvalue weighted by Crippen LogP contribution is 2.33. The van der Waals surface area contributed by atoms with Gasteiger partial charge in [0.1, 0.15) is 0 Å². The lowest BCUT2D eigenvalue weighted by molar-refractivity contribution is 0.569. The Balaban J connectivity index is 2.28. The summed E-state index contributed by atoms with van der Waals surface area (Å²) in [7, 11) is -7.09. The van der Waals surface area contributed by atoms with Gasteiger partial charge in [-0.2, -0.15) is 0 Å². The molecule has 0 aromatic heterocycles. The third kappa shape index (κ3) is 5.08. The number of hydrogen-bond donors (Lipinski definition) is 0. The van der Waals surface area contributed by atoms with E-state index in [1.165, 1.54) is 0 Å². The maximum atomic E-state index is 12.9. The molecule has 0 N–H and O–H groups in total. The molecular weight excluding hydrogens is 380 g/mol. The first-order chi connectivity index (χ1) is 12.7. The zero-order valence-electron chi connectivity index (χ0n) is 15.9. The summed E-state index contributed by atoms with van der Waals surface area (Å²) >= 11 is 0. The van der Waals surface area contributed by atoms with Gasteiger partial charge in [-0.05, 0) is 37.0 Å². The van der Waals surface area contributed by atoms with Crippen molar-refractivity contribution in [2.45, 2.75) is 37.3 Å². The predicted octanol–water partition coefficient (Wildman–Crippen LogP) is 4.25. The molecule has 1 aromatic rings. The summed E-state index contributed by atoms with van der Waals surface area (Å²) in [5.74, 6) is -0.548. The molecule has 0 fully saturated rings. The monoisotopic (exact) mass is 406 g/mol. The Morgan fingerprint density at radius 2 is 1.59 bits per heavy atom. The van der Waals surface area contributed by atoms with Crippen molar-refractivity contribution < 1.29 is 16.8 Å². The van der Waals surface area contributed by atoms with E-state index < -0.39 is 30.8 Å². The van der Waals surface area contributed by atoms with E-state index in [0.717, 1.165) is 6.42 Å². The van der Waals surface area contributed by atoms with Crippen LogP contribution in [0.5, 0.6) is 0 Å². The molecule has 0 aliphatic heterocycles. The van der Waals surface area contributed by atoms with Gasteiger partial charge in [0.25, 0.3) is 0 Å². The summed E-state index contributed by atoms with van der Waals surface area (Å²) in [6, 6.07) is 8.26. The fourth-order valence-corrected chi connectivity index (χ4v) is 6.40. The first-order valence-corrected chi connectivity index (χ1v) is 12.1. The van der Waals surface area contributed by atoms with Crippen LogP contribution in [0.3, 0.4) is 0 Å². The standard InChI is InChI=1S/C21H26O4S2/c1-4-5-6-7-11-14-26(22,23)20-15-18(3)21(16-17(20)2)27(24,25)19-12-9-8-10-13-19/h5-13,15-16,18,21H,4,14H2,1-3H3/b6-5-,11-7-. The third-order valence-electron chi connectivity index (χ3n) is 4.44. The maximum Gasteiger partial charge on any atom is 0.185 e. The molecule has 0 saturated heterocycles. The van der Waals surface area contributed by atoms with Crippen molar-refractivity contribution in [3.05, 3.63) is 77.3 Å². The van der Waals surface area contributed by atoms with Crippen molar-refractivity contribution in [1.29, 1.82) is 0 Å². The van der Waals surface area contributed by atoms with Gasteiger partial charge in [-0.25, -0.2) is 16.8 Å². The first-order valence-electron chi connectivity index (χ1n) is 8.94. The zero-order chi connectivity index (χ0) is 20.1. The molecule has 0 spiro atoms. The molecule has 0 bridgehead atoms. The minimum Gasteiger partial charge on any atom is -0.223 e. The van der Waals surface area contributed by atoms with Gasteiger partial charge in [-0.1, -0.05) is 68.5 Å². The fourth-order valence-electron chi connectivity index (χ4n) is 3.00. The Morgan fingerprint density at radius 3 is 2.22 bits per heavy atom. The van der Waals surface area contributed by atoms with Crippen LogP contribution in [0, 0.1) is 5.92 Å². The molecule has 0 amide bonds. The number of sulfone groups is 2. The lowest BCUT2D eigenvalue weighted by atomic mass is 9.98. The molecule has 4 nitrogen and oxygen atoms in total. The first kappa shape index (κ1) is 21.4. The van der Waals surface area contributed by atoms with Gasteiger partial charge in [-0.15, -0.1) is 0 Å². The van der Waals surface area contributed by atoms with Gasteiger partial charge in [0, 0.05) is 0 Å². The second-order valence-corrected chi connectivity index (χ2v) is 10.7. The minimum atomic E-state index is -3.58. The SMILES string of the molecule is CC/C=C\C=C/CS(=O)(=O)C1=CC(C)C(S(=O)(=O)c2ccccc2)C=C1C. The maximum absolute atomic E-state index is 12.9. The molecule has 0 heterocycles. The van der Waals surface area contributed by atoms with E-state index in [0.29, 0.717) is 5.57 Å². The molecule has 27 heavy (non-hydrogen) atoms. The van der Waals surface area contributed by atoms with Crippen LogP contribution >= 0.6 is 0 Å². The van der Waals surface area contributed by atoms with Crippen LogP contribution in [-0.2, 0) is 19.7 Å². The van der Waals surface area contributed by atoms with E-state index in [1.807, 2.05) is 19.1 Å². The Labute approximate surface area is 162 Å². The highest BCUT2D eigenvalue weighted by atomic mass is 32.2. The average molecular weight is 407 g/mol.